The maximum Gasteiger partial charge on any atom is 0.390 e. The fourth-order valence-electron chi connectivity index (χ4n) is 2.60. The molecule has 0 aromatic heterocycles. The number of nitrogens with zero attached hydrogens (tertiary/aromatic N) is 1. The van der Waals surface area contributed by atoms with E-state index in [0.29, 0.717) is 13.1 Å². The van der Waals surface area contributed by atoms with Crippen molar-refractivity contribution in [2.75, 3.05) is 25.0 Å². The van der Waals surface area contributed by atoms with Crippen molar-refractivity contribution in [1.29, 1.82) is 0 Å². The summed E-state index contributed by atoms with van der Waals surface area (Å²) < 4.78 is 36.6. The molecule has 2 N–H and O–H groups in total. The summed E-state index contributed by atoms with van der Waals surface area (Å²) in [6.07, 6.45) is -3.18. The Balaban J connectivity index is 1.79. The second kappa shape index (κ2) is 7.13. The Kier molecular flexibility index (Phi) is 5.47. The zero-order valence-corrected chi connectivity index (χ0v) is 11.9. The van der Waals surface area contributed by atoms with Crippen LogP contribution in [-0.4, -0.2) is 41.9 Å². The Morgan fingerprint density at radius 2 is 1.86 bits per heavy atom. The molecule has 1 aliphatic rings. The van der Waals surface area contributed by atoms with Gasteiger partial charge in [-0.3, -0.25) is 0 Å². The Labute approximate surface area is 122 Å². The molecule has 0 spiro atoms. The van der Waals surface area contributed by atoms with Gasteiger partial charge in [-0.05, 0) is 18.9 Å². The Hall–Kier alpha value is -1.27. The molecule has 1 aliphatic heterocycles. The number of aliphatic hydroxyl groups excluding tert-OH is 1. The van der Waals surface area contributed by atoms with E-state index in [0.717, 1.165) is 24.1 Å². The van der Waals surface area contributed by atoms with E-state index in [1.807, 2.05) is 29.2 Å². The topological polar surface area (TPSA) is 35.5 Å². The van der Waals surface area contributed by atoms with Gasteiger partial charge in [0.15, 0.2) is 0 Å². The monoisotopic (exact) mass is 302 g/mol. The van der Waals surface area contributed by atoms with Gasteiger partial charge >= 0.3 is 6.18 Å². The summed E-state index contributed by atoms with van der Waals surface area (Å²) in [6, 6.07) is 7.80. The highest BCUT2D eigenvalue weighted by molar-refractivity contribution is 5.51. The molecule has 0 aliphatic carbocycles. The number of halogens is 3. The molecular weight excluding hydrogens is 281 g/mol. The highest BCUT2D eigenvalue weighted by Gasteiger charge is 2.29. The molecule has 0 bridgehead atoms. The van der Waals surface area contributed by atoms with Gasteiger partial charge in [-0.2, -0.15) is 13.2 Å². The van der Waals surface area contributed by atoms with Gasteiger partial charge in [-0.1, -0.05) is 18.2 Å². The molecule has 0 amide bonds. The standard InChI is InChI=1S/C15H21F3N2O/c16-15(17,18)7-10-20-8-5-13(6-9-20)19-14-4-2-1-3-12(14)11-21/h1-4,13,19,21H,5-11H2. The van der Waals surface area contributed by atoms with Crippen LogP contribution in [0.2, 0.25) is 0 Å². The van der Waals surface area contributed by atoms with Crippen LogP contribution in [0.5, 0.6) is 0 Å². The number of hydrogen-bond donors (Lipinski definition) is 2. The average molecular weight is 302 g/mol. The molecule has 1 aromatic carbocycles. The van der Waals surface area contributed by atoms with Gasteiger partial charge in [0.1, 0.15) is 0 Å². The lowest BCUT2D eigenvalue weighted by atomic mass is 10.0. The second-order valence-corrected chi connectivity index (χ2v) is 5.44. The van der Waals surface area contributed by atoms with E-state index >= 15 is 0 Å². The van der Waals surface area contributed by atoms with Gasteiger partial charge in [0, 0.05) is 36.9 Å². The van der Waals surface area contributed by atoms with Crippen LogP contribution in [0.4, 0.5) is 18.9 Å². The molecule has 0 unspecified atom stereocenters. The van der Waals surface area contributed by atoms with E-state index in [4.69, 9.17) is 0 Å². The number of para-hydroxylation sites is 1. The second-order valence-electron chi connectivity index (χ2n) is 5.44. The SMILES string of the molecule is OCc1ccccc1NC1CCN(CCC(F)(F)F)CC1. The predicted molar refractivity (Wildman–Crippen MR) is 76.1 cm³/mol. The van der Waals surface area contributed by atoms with Crippen LogP contribution in [0, 0.1) is 0 Å². The van der Waals surface area contributed by atoms with Crippen molar-refractivity contribution in [2.45, 2.75) is 38.1 Å². The summed E-state index contributed by atoms with van der Waals surface area (Å²) in [5.74, 6) is 0. The van der Waals surface area contributed by atoms with Gasteiger partial charge in [0.2, 0.25) is 0 Å². The molecule has 2 rings (SSSR count). The molecule has 0 saturated carbocycles. The van der Waals surface area contributed by atoms with Crippen LogP contribution in [0.15, 0.2) is 24.3 Å². The van der Waals surface area contributed by atoms with Crippen molar-refractivity contribution in [1.82, 2.24) is 4.90 Å². The molecule has 0 atom stereocenters. The molecule has 6 heteroatoms. The maximum atomic E-state index is 12.2. The molecular formula is C15H21F3N2O. The van der Waals surface area contributed by atoms with Gasteiger partial charge < -0.3 is 15.3 Å². The Morgan fingerprint density at radius 3 is 2.48 bits per heavy atom. The summed E-state index contributed by atoms with van der Waals surface area (Å²) in [6.45, 7) is 1.42. The fraction of sp³-hybridized carbons (Fsp3) is 0.600. The number of likely N-dealkylation sites (tertiary alicyclic amines) is 1. The minimum absolute atomic E-state index is 0.0202. The number of nitrogens with one attached hydrogen (secondary N) is 1. The number of piperidine rings is 1. The largest absolute Gasteiger partial charge is 0.392 e. The number of hydrogen-bond acceptors (Lipinski definition) is 3. The third-order valence-corrected chi connectivity index (χ3v) is 3.85. The number of benzene rings is 1. The first kappa shape index (κ1) is 16.1. The molecule has 3 nitrogen and oxygen atoms in total. The Bertz CT molecular complexity index is 443. The normalized spacial score (nSPS) is 17.9. The third-order valence-electron chi connectivity index (χ3n) is 3.85. The quantitative estimate of drug-likeness (QED) is 0.877. The van der Waals surface area contributed by atoms with Crippen LogP contribution in [-0.2, 0) is 6.61 Å². The molecule has 118 valence electrons. The van der Waals surface area contributed by atoms with E-state index in [2.05, 4.69) is 5.32 Å². The van der Waals surface area contributed by atoms with Crippen LogP contribution in [0.25, 0.3) is 0 Å². The minimum atomic E-state index is -4.07. The number of anilines is 1. The van der Waals surface area contributed by atoms with Gasteiger partial charge in [0.25, 0.3) is 0 Å². The third kappa shape index (κ3) is 5.21. The van der Waals surface area contributed by atoms with Crippen molar-refractivity contribution in [3.8, 4) is 0 Å². The molecule has 0 radical (unpaired) electrons. The lowest BCUT2D eigenvalue weighted by Crippen LogP contribution is -2.40. The zero-order valence-electron chi connectivity index (χ0n) is 11.9. The highest BCUT2D eigenvalue weighted by atomic mass is 19.4. The van der Waals surface area contributed by atoms with Crippen LogP contribution in [0.1, 0.15) is 24.8 Å². The van der Waals surface area contributed by atoms with Crippen LogP contribution >= 0.6 is 0 Å². The van der Waals surface area contributed by atoms with Crippen molar-refractivity contribution < 1.29 is 18.3 Å². The summed E-state index contributed by atoms with van der Waals surface area (Å²) in [4.78, 5) is 1.86. The molecule has 1 saturated heterocycles. The van der Waals surface area contributed by atoms with Crippen molar-refractivity contribution in [2.24, 2.45) is 0 Å². The summed E-state index contributed by atoms with van der Waals surface area (Å²) in [5, 5.41) is 12.7. The van der Waals surface area contributed by atoms with Crippen LogP contribution in [0.3, 0.4) is 0 Å². The number of alkyl halides is 3. The first-order valence-corrected chi connectivity index (χ1v) is 7.22. The molecule has 1 fully saturated rings. The smallest absolute Gasteiger partial charge is 0.390 e. The minimum Gasteiger partial charge on any atom is -0.392 e. The first-order valence-electron chi connectivity index (χ1n) is 7.22. The molecule has 1 heterocycles. The lowest BCUT2D eigenvalue weighted by Gasteiger charge is -2.33. The lowest BCUT2D eigenvalue weighted by molar-refractivity contribution is -0.138. The summed E-state index contributed by atoms with van der Waals surface area (Å²) in [5.41, 5.74) is 1.76. The van der Waals surface area contributed by atoms with E-state index in [-0.39, 0.29) is 19.2 Å². The first-order chi connectivity index (χ1) is 9.98. The van der Waals surface area contributed by atoms with Gasteiger partial charge in [-0.15, -0.1) is 0 Å². The average Bonchev–Trinajstić information content (AvgIpc) is 2.46. The fourth-order valence-corrected chi connectivity index (χ4v) is 2.60. The number of rotatable bonds is 5. The van der Waals surface area contributed by atoms with Gasteiger partial charge in [0.05, 0.1) is 13.0 Å². The Morgan fingerprint density at radius 1 is 1.19 bits per heavy atom. The van der Waals surface area contributed by atoms with Crippen molar-refractivity contribution in [3.63, 3.8) is 0 Å². The van der Waals surface area contributed by atoms with E-state index < -0.39 is 12.6 Å². The summed E-state index contributed by atoms with van der Waals surface area (Å²) >= 11 is 0. The predicted octanol–water partition coefficient (Wildman–Crippen LogP) is 3.01. The summed E-state index contributed by atoms with van der Waals surface area (Å²) in [7, 11) is 0. The van der Waals surface area contributed by atoms with Crippen LogP contribution < -0.4 is 5.32 Å². The maximum absolute atomic E-state index is 12.2. The van der Waals surface area contributed by atoms with Crippen molar-refractivity contribution in [3.05, 3.63) is 29.8 Å². The number of aliphatic hydroxyl groups is 1. The van der Waals surface area contributed by atoms with Crippen molar-refractivity contribution >= 4 is 5.69 Å². The van der Waals surface area contributed by atoms with E-state index in [1.54, 1.807) is 0 Å². The zero-order chi connectivity index (χ0) is 15.3. The van der Waals surface area contributed by atoms with Gasteiger partial charge in [-0.25, -0.2) is 0 Å². The molecule has 1 aromatic rings. The van der Waals surface area contributed by atoms with E-state index in [9.17, 15) is 18.3 Å². The highest BCUT2D eigenvalue weighted by Crippen LogP contribution is 2.23. The molecule has 21 heavy (non-hydrogen) atoms. The van der Waals surface area contributed by atoms with E-state index in [1.165, 1.54) is 0 Å².